The second-order valence-corrected chi connectivity index (χ2v) is 5.22. The summed E-state index contributed by atoms with van der Waals surface area (Å²) in [6.07, 6.45) is 0. The molecule has 0 saturated carbocycles. The zero-order valence-corrected chi connectivity index (χ0v) is 11.5. The van der Waals surface area contributed by atoms with E-state index >= 15 is 0 Å². The van der Waals surface area contributed by atoms with Crippen LogP contribution in [0.4, 0.5) is 5.69 Å². The molecule has 0 bridgehead atoms. The average molecular weight is 305 g/mol. The van der Waals surface area contributed by atoms with E-state index in [0.29, 0.717) is 0 Å². The van der Waals surface area contributed by atoms with Crippen LogP contribution < -0.4 is 10.5 Å². The van der Waals surface area contributed by atoms with Gasteiger partial charge in [0, 0.05) is 32.1 Å². The lowest BCUT2D eigenvalue weighted by molar-refractivity contribution is -0.384. The van der Waals surface area contributed by atoms with E-state index in [4.69, 9.17) is 15.6 Å². The molecular weight excluding hydrogens is 290 g/mol. The second-order valence-electron chi connectivity index (χ2n) is 3.46. The maximum absolute atomic E-state index is 11.5. The van der Waals surface area contributed by atoms with Crippen LogP contribution in [-0.4, -0.2) is 37.5 Å². The van der Waals surface area contributed by atoms with Crippen molar-refractivity contribution in [1.29, 1.82) is 0 Å². The molecule has 1 aromatic carbocycles. The molecule has 0 aromatic heterocycles. The maximum atomic E-state index is 11.5. The third-order valence-corrected chi connectivity index (χ3v) is 3.27. The Balaban J connectivity index is 0.000000796. The van der Waals surface area contributed by atoms with Gasteiger partial charge in [-0.1, -0.05) is 0 Å². The summed E-state index contributed by atoms with van der Waals surface area (Å²) in [5.41, 5.74) is 5.01. The third kappa shape index (κ3) is 6.78. The third-order valence-electron chi connectivity index (χ3n) is 1.79. The number of non-ortho nitro benzene ring substituents is 1. The smallest absolute Gasteiger partial charge is 0.300 e. The molecule has 20 heavy (non-hydrogen) atoms. The number of nitrogens with one attached hydrogen (secondary N) is 1. The van der Waals surface area contributed by atoms with Crippen LogP contribution in [0.25, 0.3) is 0 Å². The first-order chi connectivity index (χ1) is 9.20. The molecule has 0 saturated heterocycles. The summed E-state index contributed by atoms with van der Waals surface area (Å²) in [4.78, 5) is 18.7. The minimum absolute atomic E-state index is 0.0217. The van der Waals surface area contributed by atoms with E-state index in [9.17, 15) is 18.5 Å². The number of rotatable bonds is 5. The van der Waals surface area contributed by atoms with Crippen LogP contribution in [0.3, 0.4) is 0 Å². The predicted octanol–water partition coefficient (Wildman–Crippen LogP) is -0.0773. The molecule has 0 heterocycles. The Morgan fingerprint density at radius 3 is 2.20 bits per heavy atom. The first-order valence-corrected chi connectivity index (χ1v) is 6.82. The molecule has 0 unspecified atom stereocenters. The van der Waals surface area contributed by atoms with Crippen LogP contribution in [0, 0.1) is 10.1 Å². The summed E-state index contributed by atoms with van der Waals surface area (Å²) < 4.78 is 25.3. The Kier molecular flexibility index (Phi) is 7.36. The lowest BCUT2D eigenvalue weighted by Crippen LogP contribution is -2.29. The maximum Gasteiger partial charge on any atom is 0.300 e. The number of carbonyl (C=O) groups is 1. The molecule has 9 nitrogen and oxygen atoms in total. The van der Waals surface area contributed by atoms with Gasteiger partial charge in [-0.15, -0.1) is 0 Å². The molecule has 0 aliphatic rings. The highest BCUT2D eigenvalue weighted by Gasteiger charge is 2.14. The van der Waals surface area contributed by atoms with Gasteiger partial charge in [0.25, 0.3) is 11.7 Å². The van der Waals surface area contributed by atoms with Gasteiger partial charge in [-0.3, -0.25) is 14.9 Å². The molecule has 0 radical (unpaired) electrons. The lowest BCUT2D eigenvalue weighted by Gasteiger charge is -2.04. The molecule has 0 aliphatic heterocycles. The topological polar surface area (TPSA) is 153 Å². The SMILES string of the molecule is CC(=O)O.NCCNS(=O)(=O)c1ccc([N+](=O)[O-])cc1. The van der Waals surface area contributed by atoms with E-state index in [2.05, 4.69) is 4.72 Å². The number of sulfonamides is 1. The number of carboxylic acids is 1. The van der Waals surface area contributed by atoms with Crippen molar-refractivity contribution in [2.75, 3.05) is 13.1 Å². The minimum atomic E-state index is -3.62. The summed E-state index contributed by atoms with van der Waals surface area (Å²) in [5, 5.41) is 17.8. The van der Waals surface area contributed by atoms with E-state index in [1.165, 1.54) is 12.1 Å². The largest absolute Gasteiger partial charge is 0.481 e. The molecular formula is C10H15N3O6S. The Hall–Kier alpha value is -2.04. The molecule has 0 atom stereocenters. The molecule has 1 rings (SSSR count). The predicted molar refractivity (Wildman–Crippen MR) is 70.6 cm³/mol. The highest BCUT2D eigenvalue weighted by atomic mass is 32.2. The quantitative estimate of drug-likeness (QED) is 0.508. The lowest BCUT2D eigenvalue weighted by atomic mass is 10.3. The number of carboxylic acid groups (broad SMARTS) is 1. The number of hydrogen-bond donors (Lipinski definition) is 3. The second kappa shape index (κ2) is 8.19. The van der Waals surface area contributed by atoms with Crippen molar-refractivity contribution in [3.63, 3.8) is 0 Å². The van der Waals surface area contributed by atoms with Gasteiger partial charge in [-0.25, -0.2) is 13.1 Å². The van der Waals surface area contributed by atoms with Crippen molar-refractivity contribution in [1.82, 2.24) is 4.72 Å². The van der Waals surface area contributed by atoms with Gasteiger partial charge in [0.05, 0.1) is 9.82 Å². The molecule has 0 spiro atoms. The standard InChI is InChI=1S/C8H11N3O4S.C2H4O2/c9-5-6-10-16(14,15)8-3-1-7(2-4-8)11(12)13;1-2(3)4/h1-4,10H,5-6,9H2;1H3,(H,3,4). The van der Waals surface area contributed by atoms with Crippen molar-refractivity contribution in [3.8, 4) is 0 Å². The fourth-order valence-electron chi connectivity index (χ4n) is 1.02. The minimum Gasteiger partial charge on any atom is -0.481 e. The summed E-state index contributed by atoms with van der Waals surface area (Å²) >= 11 is 0. The van der Waals surface area contributed by atoms with Gasteiger partial charge in [0.1, 0.15) is 0 Å². The number of nitrogens with two attached hydrogens (primary N) is 1. The Morgan fingerprint density at radius 1 is 1.40 bits per heavy atom. The van der Waals surface area contributed by atoms with Crippen molar-refractivity contribution in [3.05, 3.63) is 34.4 Å². The van der Waals surface area contributed by atoms with Gasteiger partial charge in [-0.2, -0.15) is 0 Å². The van der Waals surface area contributed by atoms with E-state index in [1.807, 2.05) is 0 Å². The van der Waals surface area contributed by atoms with Crippen LogP contribution in [0.5, 0.6) is 0 Å². The molecule has 0 aliphatic carbocycles. The number of nitrogens with zero attached hydrogens (tertiary/aromatic N) is 1. The van der Waals surface area contributed by atoms with Crippen LogP contribution in [0.1, 0.15) is 6.92 Å². The van der Waals surface area contributed by atoms with Gasteiger partial charge < -0.3 is 10.8 Å². The number of benzene rings is 1. The number of aliphatic carboxylic acids is 1. The van der Waals surface area contributed by atoms with Gasteiger partial charge in [0.15, 0.2) is 0 Å². The number of nitro benzene ring substituents is 1. The van der Waals surface area contributed by atoms with Crippen LogP contribution >= 0.6 is 0 Å². The Morgan fingerprint density at radius 2 is 1.85 bits per heavy atom. The average Bonchev–Trinajstić information content (AvgIpc) is 2.36. The zero-order chi connectivity index (χ0) is 15.8. The van der Waals surface area contributed by atoms with Crippen LogP contribution in [-0.2, 0) is 14.8 Å². The first-order valence-electron chi connectivity index (χ1n) is 5.34. The summed E-state index contributed by atoms with van der Waals surface area (Å²) in [6.45, 7) is 1.39. The molecule has 0 amide bonds. The van der Waals surface area contributed by atoms with E-state index < -0.39 is 20.9 Å². The molecule has 0 fully saturated rings. The van der Waals surface area contributed by atoms with E-state index in [-0.39, 0.29) is 23.7 Å². The van der Waals surface area contributed by atoms with Crippen LogP contribution in [0.2, 0.25) is 0 Å². The summed E-state index contributed by atoms with van der Waals surface area (Å²) in [7, 11) is -3.62. The zero-order valence-electron chi connectivity index (χ0n) is 10.6. The molecule has 4 N–H and O–H groups in total. The molecule has 10 heteroatoms. The highest BCUT2D eigenvalue weighted by molar-refractivity contribution is 7.89. The van der Waals surface area contributed by atoms with Crippen molar-refractivity contribution < 1.29 is 23.2 Å². The highest BCUT2D eigenvalue weighted by Crippen LogP contribution is 2.15. The van der Waals surface area contributed by atoms with Crippen molar-refractivity contribution in [2.45, 2.75) is 11.8 Å². The Bertz CT molecular complexity index is 551. The molecule has 1 aromatic rings. The van der Waals surface area contributed by atoms with Gasteiger partial charge >= 0.3 is 0 Å². The number of nitro groups is 1. The normalized spacial score (nSPS) is 10.3. The summed E-state index contributed by atoms with van der Waals surface area (Å²) in [6, 6.07) is 4.63. The van der Waals surface area contributed by atoms with Crippen molar-refractivity contribution in [2.24, 2.45) is 5.73 Å². The Labute approximate surface area is 115 Å². The molecule has 112 valence electrons. The monoisotopic (exact) mass is 305 g/mol. The van der Waals surface area contributed by atoms with E-state index in [0.717, 1.165) is 19.1 Å². The fraction of sp³-hybridized carbons (Fsp3) is 0.300. The number of hydrogen-bond acceptors (Lipinski definition) is 6. The summed E-state index contributed by atoms with van der Waals surface area (Å²) in [5.74, 6) is -0.833. The van der Waals surface area contributed by atoms with Gasteiger partial charge in [0.2, 0.25) is 10.0 Å². The van der Waals surface area contributed by atoms with Crippen LogP contribution in [0.15, 0.2) is 29.2 Å². The van der Waals surface area contributed by atoms with E-state index in [1.54, 1.807) is 0 Å². The van der Waals surface area contributed by atoms with Crippen molar-refractivity contribution >= 4 is 21.7 Å². The first kappa shape index (κ1) is 18.0. The fourth-order valence-corrected chi connectivity index (χ4v) is 2.07. The van der Waals surface area contributed by atoms with Gasteiger partial charge in [-0.05, 0) is 12.1 Å².